The Morgan fingerprint density at radius 1 is 1.57 bits per heavy atom. The zero-order valence-corrected chi connectivity index (χ0v) is 10.4. The van der Waals surface area contributed by atoms with Crippen molar-refractivity contribution in [2.24, 2.45) is 0 Å². The van der Waals surface area contributed by atoms with Gasteiger partial charge in [-0.3, -0.25) is 4.79 Å². The van der Waals surface area contributed by atoms with Crippen LogP contribution in [0, 0.1) is 0 Å². The van der Waals surface area contributed by atoms with Gasteiger partial charge in [-0.15, -0.1) is 0 Å². The molecule has 14 heavy (non-hydrogen) atoms. The molecule has 3 nitrogen and oxygen atoms in total. The van der Waals surface area contributed by atoms with Gasteiger partial charge < -0.3 is 10.3 Å². The number of aryl methyl sites for hydroxylation is 1. The van der Waals surface area contributed by atoms with E-state index >= 15 is 0 Å². The van der Waals surface area contributed by atoms with Crippen LogP contribution in [0.3, 0.4) is 0 Å². The quantitative estimate of drug-likeness (QED) is 0.856. The third-order valence-electron chi connectivity index (χ3n) is 1.76. The highest BCUT2D eigenvalue weighted by Gasteiger charge is 2.01. The van der Waals surface area contributed by atoms with E-state index in [1.165, 1.54) is 0 Å². The zero-order chi connectivity index (χ0) is 10.6. The Hall–Kier alpha value is -0.420. The van der Waals surface area contributed by atoms with Crippen molar-refractivity contribution in [2.75, 3.05) is 17.2 Å². The van der Waals surface area contributed by atoms with Crippen molar-refractivity contribution in [2.45, 2.75) is 13.5 Å². The van der Waals surface area contributed by atoms with Crippen molar-refractivity contribution in [1.29, 1.82) is 0 Å². The molecule has 0 saturated carbocycles. The first kappa shape index (κ1) is 11.7. The molecule has 78 valence electrons. The zero-order valence-electron chi connectivity index (χ0n) is 8.00. The number of nitrogens with zero attached hydrogens (tertiary/aromatic N) is 1. The maximum Gasteiger partial charge on any atom is 0.218 e. The van der Waals surface area contributed by atoms with Crippen LogP contribution in [0.5, 0.6) is 0 Å². The molecular weight excluding hydrogens is 264 g/mol. The third-order valence-corrected chi connectivity index (χ3v) is 3.21. The van der Waals surface area contributed by atoms with E-state index in [4.69, 9.17) is 5.73 Å². The summed E-state index contributed by atoms with van der Waals surface area (Å²) in [5.41, 5.74) is 5.71. The Bertz CT molecular complexity index is 338. The Labute approximate surface area is 95.8 Å². The summed E-state index contributed by atoms with van der Waals surface area (Å²) in [5.74, 6) is 2.14. The number of pyridine rings is 1. The third kappa shape index (κ3) is 3.06. The number of rotatable bonds is 4. The summed E-state index contributed by atoms with van der Waals surface area (Å²) >= 11 is 5.05. The molecule has 0 aliphatic rings. The Morgan fingerprint density at radius 3 is 2.86 bits per heavy atom. The van der Waals surface area contributed by atoms with Gasteiger partial charge in [0.05, 0.1) is 10.2 Å². The molecule has 0 spiro atoms. The monoisotopic (exact) mass is 276 g/mol. The number of anilines is 1. The van der Waals surface area contributed by atoms with E-state index in [1.54, 1.807) is 12.4 Å². The molecule has 1 heterocycles. The number of hydrogen-bond donors (Lipinski definition) is 1. The molecular formula is C9H13BrN2OS. The molecule has 0 saturated heterocycles. The standard InChI is InChI=1S/C9H13BrN2OS/c1-2-14-4-3-12-5-7(10)9(13)8(11)6-12/h5-6H,2-4,11H2,1H3. The van der Waals surface area contributed by atoms with Crippen molar-refractivity contribution in [3.8, 4) is 0 Å². The van der Waals surface area contributed by atoms with E-state index in [0.717, 1.165) is 18.1 Å². The molecule has 1 aromatic heterocycles. The van der Waals surface area contributed by atoms with Crippen molar-refractivity contribution >= 4 is 33.4 Å². The van der Waals surface area contributed by atoms with Crippen LogP contribution in [-0.2, 0) is 6.54 Å². The van der Waals surface area contributed by atoms with Gasteiger partial charge in [0.25, 0.3) is 0 Å². The van der Waals surface area contributed by atoms with Gasteiger partial charge in [-0.25, -0.2) is 0 Å². The molecule has 0 radical (unpaired) electrons. The highest BCUT2D eigenvalue weighted by molar-refractivity contribution is 9.10. The lowest BCUT2D eigenvalue weighted by Gasteiger charge is -2.07. The Kier molecular flexibility index (Phi) is 4.54. The molecule has 5 heteroatoms. The van der Waals surface area contributed by atoms with Gasteiger partial charge in [0.15, 0.2) is 0 Å². The van der Waals surface area contributed by atoms with Gasteiger partial charge in [0.2, 0.25) is 5.43 Å². The molecule has 0 amide bonds. The van der Waals surface area contributed by atoms with Crippen molar-refractivity contribution in [3.63, 3.8) is 0 Å². The lowest BCUT2D eigenvalue weighted by atomic mass is 10.4. The minimum absolute atomic E-state index is 0.135. The van der Waals surface area contributed by atoms with Crippen LogP contribution < -0.4 is 11.2 Å². The number of nitrogens with two attached hydrogens (primary N) is 1. The topological polar surface area (TPSA) is 48.0 Å². The van der Waals surface area contributed by atoms with E-state index in [2.05, 4.69) is 22.9 Å². The van der Waals surface area contributed by atoms with E-state index < -0.39 is 0 Å². The van der Waals surface area contributed by atoms with E-state index in [9.17, 15) is 4.79 Å². The van der Waals surface area contributed by atoms with Crippen LogP contribution in [0.15, 0.2) is 21.7 Å². The minimum Gasteiger partial charge on any atom is -0.394 e. The summed E-state index contributed by atoms with van der Waals surface area (Å²) in [6.07, 6.45) is 3.46. The summed E-state index contributed by atoms with van der Waals surface area (Å²) in [4.78, 5) is 11.3. The van der Waals surface area contributed by atoms with Crippen LogP contribution in [0.2, 0.25) is 0 Å². The maximum absolute atomic E-state index is 11.3. The fourth-order valence-electron chi connectivity index (χ4n) is 1.06. The summed E-state index contributed by atoms with van der Waals surface area (Å²) < 4.78 is 2.46. The molecule has 0 fully saturated rings. The summed E-state index contributed by atoms with van der Waals surface area (Å²) in [6, 6.07) is 0. The van der Waals surface area contributed by atoms with Crippen LogP contribution in [0.1, 0.15) is 6.92 Å². The van der Waals surface area contributed by atoms with Gasteiger partial charge in [-0.2, -0.15) is 11.8 Å². The van der Waals surface area contributed by atoms with Crippen LogP contribution >= 0.6 is 27.7 Å². The maximum atomic E-state index is 11.3. The first-order valence-electron chi connectivity index (χ1n) is 4.38. The lowest BCUT2D eigenvalue weighted by Crippen LogP contribution is -2.13. The number of aromatic nitrogens is 1. The Morgan fingerprint density at radius 2 is 2.29 bits per heavy atom. The highest BCUT2D eigenvalue weighted by Crippen LogP contribution is 2.07. The summed E-state index contributed by atoms with van der Waals surface area (Å²) in [5, 5.41) is 0. The summed E-state index contributed by atoms with van der Waals surface area (Å²) in [7, 11) is 0. The number of hydrogen-bond acceptors (Lipinski definition) is 3. The fourth-order valence-corrected chi connectivity index (χ4v) is 2.18. The average Bonchev–Trinajstić information content (AvgIpc) is 2.14. The minimum atomic E-state index is -0.135. The molecule has 2 N–H and O–H groups in total. The largest absolute Gasteiger partial charge is 0.394 e. The van der Waals surface area contributed by atoms with Gasteiger partial charge in [-0.1, -0.05) is 6.92 Å². The van der Waals surface area contributed by atoms with Gasteiger partial charge >= 0.3 is 0 Å². The first-order chi connectivity index (χ1) is 6.65. The second kappa shape index (κ2) is 5.46. The van der Waals surface area contributed by atoms with E-state index in [0.29, 0.717) is 10.2 Å². The van der Waals surface area contributed by atoms with Gasteiger partial charge in [-0.05, 0) is 21.7 Å². The van der Waals surface area contributed by atoms with E-state index in [-0.39, 0.29) is 5.43 Å². The normalized spacial score (nSPS) is 10.4. The summed E-state index contributed by atoms with van der Waals surface area (Å²) in [6.45, 7) is 3.00. The average molecular weight is 277 g/mol. The van der Waals surface area contributed by atoms with E-state index in [1.807, 2.05) is 16.3 Å². The Balaban J connectivity index is 2.74. The molecule has 0 aliphatic heterocycles. The predicted octanol–water partition coefficient (Wildman–Crippen LogP) is 1.95. The molecule has 0 unspecified atom stereocenters. The van der Waals surface area contributed by atoms with Crippen LogP contribution in [-0.4, -0.2) is 16.1 Å². The molecule has 0 atom stereocenters. The smallest absolute Gasteiger partial charge is 0.218 e. The highest BCUT2D eigenvalue weighted by atomic mass is 79.9. The predicted molar refractivity (Wildman–Crippen MR) is 65.8 cm³/mol. The first-order valence-corrected chi connectivity index (χ1v) is 6.32. The number of nitrogen functional groups attached to an aromatic ring is 1. The van der Waals surface area contributed by atoms with Gasteiger partial charge in [0.1, 0.15) is 0 Å². The SMILES string of the molecule is CCSCCn1cc(N)c(=O)c(Br)c1. The van der Waals surface area contributed by atoms with Crippen molar-refractivity contribution in [3.05, 3.63) is 27.1 Å². The van der Waals surface area contributed by atoms with Crippen molar-refractivity contribution in [1.82, 2.24) is 4.57 Å². The molecule has 0 bridgehead atoms. The fraction of sp³-hybridized carbons (Fsp3) is 0.444. The molecule has 0 aliphatic carbocycles. The van der Waals surface area contributed by atoms with Gasteiger partial charge in [0, 0.05) is 24.7 Å². The molecule has 1 rings (SSSR count). The second-order valence-electron chi connectivity index (χ2n) is 2.83. The number of halogens is 1. The number of thioether (sulfide) groups is 1. The van der Waals surface area contributed by atoms with Crippen LogP contribution in [0.25, 0.3) is 0 Å². The molecule has 0 aromatic carbocycles. The second-order valence-corrected chi connectivity index (χ2v) is 5.07. The lowest BCUT2D eigenvalue weighted by molar-refractivity contribution is 0.761. The van der Waals surface area contributed by atoms with Crippen molar-refractivity contribution < 1.29 is 0 Å². The van der Waals surface area contributed by atoms with Crippen LogP contribution in [0.4, 0.5) is 5.69 Å². The molecule has 1 aromatic rings.